The van der Waals surface area contributed by atoms with Gasteiger partial charge in [-0.25, -0.2) is 17.9 Å². The number of sulfonamides is 1. The van der Waals surface area contributed by atoms with Crippen LogP contribution < -0.4 is 15.8 Å². The lowest BCUT2D eigenvalue weighted by atomic mass is 9.83. The summed E-state index contributed by atoms with van der Waals surface area (Å²) in [6.45, 7) is 2.68. The molecule has 12 nitrogen and oxygen atoms in total. The smallest absolute Gasteiger partial charge is 0.390 e. The minimum Gasteiger partial charge on any atom is -0.390 e. The Morgan fingerprint density at radius 3 is 2.56 bits per heavy atom. The molecular weight excluding hydrogens is 591 g/mol. The number of fused-ring (bicyclic) bond motifs is 2. The standard InChI is InChI=1S/C27H32F3N7O5S/c1-4-19(27(28,29)30)36-13-15-11-14(12-18(20(15)25(36)39)35-43(3,41)42)17-7-10-37-23(33-17)21(22(31)34-37)24(38)32-16-5-8-26(2,40)9-6-16/h7,10-12,16,19,35,40H,4-6,8-9,13H2,1-3H3,(H2,31,34)(H,32,38)/t16?,19-,26?/m0/s1. The topological polar surface area (TPSA) is 172 Å². The Hall–Kier alpha value is -3.92. The van der Waals surface area contributed by atoms with Crippen LogP contribution in [0, 0.1) is 0 Å². The fourth-order valence-corrected chi connectivity index (χ4v) is 6.31. The average Bonchev–Trinajstić information content (AvgIpc) is 3.39. The van der Waals surface area contributed by atoms with E-state index in [4.69, 9.17) is 5.73 Å². The normalized spacial score (nSPS) is 21.6. The predicted molar refractivity (Wildman–Crippen MR) is 152 cm³/mol. The van der Waals surface area contributed by atoms with Crippen molar-refractivity contribution in [3.05, 3.63) is 41.1 Å². The summed E-state index contributed by atoms with van der Waals surface area (Å²) in [4.78, 5) is 31.7. The first-order valence-electron chi connectivity index (χ1n) is 13.7. The number of hydrogen-bond donors (Lipinski definition) is 4. The number of carbonyl (C=O) groups excluding carboxylic acids is 2. The number of nitrogens with two attached hydrogens (primary N) is 1. The molecule has 0 bridgehead atoms. The van der Waals surface area contributed by atoms with Crippen LogP contribution in [0.4, 0.5) is 24.7 Å². The summed E-state index contributed by atoms with van der Waals surface area (Å²) in [6.07, 6.45) is -0.505. The van der Waals surface area contributed by atoms with Crippen LogP contribution >= 0.6 is 0 Å². The monoisotopic (exact) mass is 623 g/mol. The largest absolute Gasteiger partial charge is 0.408 e. The fraction of sp³-hybridized carbons (Fsp3) is 0.481. The van der Waals surface area contributed by atoms with Gasteiger partial charge >= 0.3 is 6.18 Å². The van der Waals surface area contributed by atoms with E-state index in [1.54, 1.807) is 6.92 Å². The highest BCUT2D eigenvalue weighted by Gasteiger charge is 2.47. The molecule has 5 N–H and O–H groups in total. The summed E-state index contributed by atoms with van der Waals surface area (Å²) in [6, 6.07) is 2.09. The van der Waals surface area contributed by atoms with Gasteiger partial charge in [0.05, 0.1) is 28.8 Å². The summed E-state index contributed by atoms with van der Waals surface area (Å²) in [5.74, 6) is -1.51. The van der Waals surface area contributed by atoms with Gasteiger partial charge in [-0.3, -0.25) is 14.3 Å². The Balaban J connectivity index is 1.54. The van der Waals surface area contributed by atoms with Crippen molar-refractivity contribution in [1.82, 2.24) is 24.8 Å². The van der Waals surface area contributed by atoms with Crippen LogP contribution in [0.15, 0.2) is 24.4 Å². The van der Waals surface area contributed by atoms with Gasteiger partial charge in [-0.15, -0.1) is 5.10 Å². The molecule has 1 saturated carbocycles. The van der Waals surface area contributed by atoms with Crippen molar-refractivity contribution in [3.8, 4) is 11.3 Å². The summed E-state index contributed by atoms with van der Waals surface area (Å²) in [7, 11) is -3.93. The number of nitrogens with one attached hydrogen (secondary N) is 2. The minimum atomic E-state index is -4.68. The number of nitrogens with zero attached hydrogens (tertiary/aromatic N) is 4. The van der Waals surface area contributed by atoms with Gasteiger partial charge in [-0.2, -0.15) is 13.2 Å². The highest BCUT2D eigenvalue weighted by Crippen LogP contribution is 2.39. The lowest BCUT2D eigenvalue weighted by Gasteiger charge is -2.33. The van der Waals surface area contributed by atoms with E-state index in [0.717, 1.165) is 6.26 Å². The van der Waals surface area contributed by atoms with Gasteiger partial charge in [0, 0.05) is 24.3 Å². The van der Waals surface area contributed by atoms with Gasteiger partial charge in [0.15, 0.2) is 11.5 Å². The molecule has 16 heteroatoms. The maximum atomic E-state index is 13.7. The SMILES string of the molecule is CC[C@H](N1Cc2cc(-c3ccn4nc(N)c(C(=O)NC5CCC(C)(O)CC5)c4n3)cc(NS(C)(=O)=O)c2C1=O)C(F)(F)F. The van der Waals surface area contributed by atoms with Gasteiger partial charge in [0.2, 0.25) is 10.0 Å². The second-order valence-electron chi connectivity index (χ2n) is 11.4. The maximum absolute atomic E-state index is 13.7. The molecule has 232 valence electrons. The zero-order valence-electron chi connectivity index (χ0n) is 23.7. The van der Waals surface area contributed by atoms with Gasteiger partial charge < -0.3 is 21.1 Å². The molecule has 1 aliphatic carbocycles. The first-order chi connectivity index (χ1) is 20.0. The first-order valence-corrected chi connectivity index (χ1v) is 15.6. The molecule has 2 aliphatic rings. The zero-order chi connectivity index (χ0) is 31.5. The lowest BCUT2D eigenvalue weighted by molar-refractivity contribution is -0.177. The van der Waals surface area contributed by atoms with E-state index in [2.05, 4.69) is 20.1 Å². The predicted octanol–water partition coefficient (Wildman–Crippen LogP) is 3.07. The molecule has 0 unspecified atom stereocenters. The van der Waals surface area contributed by atoms with Crippen molar-refractivity contribution in [3.63, 3.8) is 0 Å². The second kappa shape index (κ2) is 10.7. The number of rotatable bonds is 7. The first kappa shape index (κ1) is 30.5. The number of hydrogen-bond acceptors (Lipinski definition) is 8. The van der Waals surface area contributed by atoms with Crippen molar-refractivity contribution in [2.24, 2.45) is 0 Å². The van der Waals surface area contributed by atoms with E-state index in [9.17, 15) is 36.3 Å². The van der Waals surface area contributed by atoms with Crippen LogP contribution in [-0.4, -0.2) is 75.0 Å². The molecule has 2 aromatic heterocycles. The molecule has 3 aromatic rings. The van der Waals surface area contributed by atoms with E-state index < -0.39 is 39.7 Å². The number of amides is 2. The Morgan fingerprint density at radius 2 is 1.95 bits per heavy atom. The highest BCUT2D eigenvalue weighted by atomic mass is 32.2. The van der Waals surface area contributed by atoms with E-state index in [0.29, 0.717) is 36.1 Å². The summed E-state index contributed by atoms with van der Waals surface area (Å²) in [5, 5.41) is 17.3. The van der Waals surface area contributed by atoms with Crippen LogP contribution in [0.3, 0.4) is 0 Å². The van der Waals surface area contributed by atoms with Gasteiger partial charge in [0.1, 0.15) is 11.6 Å². The van der Waals surface area contributed by atoms with Crippen molar-refractivity contribution in [2.45, 2.75) is 76.4 Å². The van der Waals surface area contributed by atoms with E-state index in [1.807, 2.05) is 0 Å². The number of halogens is 3. The van der Waals surface area contributed by atoms with Crippen molar-refractivity contribution < 1.29 is 36.3 Å². The Bertz CT molecular complexity index is 1710. The van der Waals surface area contributed by atoms with Gasteiger partial charge in [0.25, 0.3) is 11.8 Å². The van der Waals surface area contributed by atoms with Crippen LogP contribution in [0.25, 0.3) is 16.9 Å². The van der Waals surface area contributed by atoms with E-state index in [1.165, 1.54) is 35.8 Å². The highest BCUT2D eigenvalue weighted by molar-refractivity contribution is 7.92. The molecule has 43 heavy (non-hydrogen) atoms. The molecule has 1 aliphatic heterocycles. The summed E-state index contributed by atoms with van der Waals surface area (Å²) < 4.78 is 69.1. The molecular formula is C27H32F3N7O5S. The van der Waals surface area contributed by atoms with Crippen LogP contribution in [0.5, 0.6) is 0 Å². The van der Waals surface area contributed by atoms with Gasteiger partial charge in [-0.05, 0) is 62.8 Å². The minimum absolute atomic E-state index is 0.0205. The Labute approximate surface area is 245 Å². The molecule has 3 heterocycles. The number of alkyl halides is 3. The third-order valence-corrected chi connectivity index (χ3v) is 8.50. The third-order valence-electron chi connectivity index (χ3n) is 7.90. The van der Waals surface area contributed by atoms with Crippen LogP contribution in [-0.2, 0) is 16.6 Å². The number of benzene rings is 1. The van der Waals surface area contributed by atoms with Gasteiger partial charge in [-0.1, -0.05) is 6.92 Å². The molecule has 1 aromatic carbocycles. The Kier molecular flexibility index (Phi) is 7.57. The fourth-order valence-electron chi connectivity index (χ4n) is 5.75. The molecule has 1 fully saturated rings. The second-order valence-corrected chi connectivity index (χ2v) is 13.2. The Morgan fingerprint density at radius 1 is 1.28 bits per heavy atom. The van der Waals surface area contributed by atoms with Crippen LogP contribution in [0.1, 0.15) is 72.2 Å². The van der Waals surface area contributed by atoms with Crippen molar-refractivity contribution in [2.75, 3.05) is 16.7 Å². The molecule has 2 amide bonds. The molecule has 0 radical (unpaired) electrons. The summed E-state index contributed by atoms with van der Waals surface area (Å²) >= 11 is 0. The van der Waals surface area contributed by atoms with Crippen molar-refractivity contribution in [1.29, 1.82) is 0 Å². The van der Waals surface area contributed by atoms with Crippen LogP contribution in [0.2, 0.25) is 0 Å². The number of carbonyl (C=O) groups is 2. The molecule has 1 atom stereocenters. The summed E-state index contributed by atoms with van der Waals surface area (Å²) in [5.41, 5.74) is 5.80. The lowest BCUT2D eigenvalue weighted by Crippen LogP contribution is -2.45. The van der Waals surface area contributed by atoms with Crippen molar-refractivity contribution >= 4 is 39.0 Å². The molecule has 5 rings (SSSR count). The number of aliphatic hydroxyl groups is 1. The van der Waals surface area contributed by atoms with E-state index >= 15 is 0 Å². The zero-order valence-corrected chi connectivity index (χ0v) is 24.5. The molecule has 0 spiro atoms. The maximum Gasteiger partial charge on any atom is 0.408 e. The molecule has 0 saturated heterocycles. The number of anilines is 2. The number of nitrogen functional groups attached to an aromatic ring is 1. The quantitative estimate of drug-likeness (QED) is 0.311. The average molecular weight is 624 g/mol. The van der Waals surface area contributed by atoms with E-state index in [-0.39, 0.29) is 58.5 Å². The number of aromatic nitrogens is 3. The third kappa shape index (κ3) is 6.11.